The Balaban J connectivity index is 2.13. The fourth-order valence-corrected chi connectivity index (χ4v) is 1.90. The summed E-state index contributed by atoms with van der Waals surface area (Å²) < 4.78 is 5.68. The van der Waals surface area contributed by atoms with Gasteiger partial charge < -0.3 is 21.1 Å². The molecule has 2 rings (SSSR count). The lowest BCUT2D eigenvalue weighted by Crippen LogP contribution is -2.21. The summed E-state index contributed by atoms with van der Waals surface area (Å²) >= 11 is 0. The van der Waals surface area contributed by atoms with Gasteiger partial charge in [-0.2, -0.15) is 15.0 Å². The number of nitrogen functional groups attached to an aromatic ring is 2. The average molecular weight is 288 g/mol. The quantitative estimate of drug-likeness (QED) is 0.858. The van der Waals surface area contributed by atoms with E-state index in [4.69, 9.17) is 16.2 Å². The van der Waals surface area contributed by atoms with E-state index in [1.54, 1.807) is 0 Å². The van der Waals surface area contributed by atoms with Crippen LogP contribution in [0.25, 0.3) is 0 Å². The summed E-state index contributed by atoms with van der Waals surface area (Å²) in [6, 6.07) is 7.89. The molecule has 2 aromatic rings. The van der Waals surface area contributed by atoms with Gasteiger partial charge >= 0.3 is 0 Å². The van der Waals surface area contributed by atoms with Crippen molar-refractivity contribution in [1.82, 2.24) is 15.0 Å². The molecule has 0 saturated carbocycles. The first-order valence-electron chi connectivity index (χ1n) is 6.68. The Kier molecular flexibility index (Phi) is 4.42. The highest BCUT2D eigenvalue weighted by Crippen LogP contribution is 2.18. The number of rotatable bonds is 5. The van der Waals surface area contributed by atoms with Gasteiger partial charge in [0.25, 0.3) is 0 Å². The van der Waals surface area contributed by atoms with Crippen LogP contribution < -0.4 is 21.1 Å². The molecular formula is C14H20N6O. The van der Waals surface area contributed by atoms with Gasteiger partial charge in [0, 0.05) is 13.6 Å². The van der Waals surface area contributed by atoms with Gasteiger partial charge in [0.2, 0.25) is 17.8 Å². The molecule has 1 heterocycles. The van der Waals surface area contributed by atoms with Gasteiger partial charge in [-0.15, -0.1) is 0 Å². The smallest absolute Gasteiger partial charge is 0.231 e. The number of nitrogens with zero attached hydrogens (tertiary/aromatic N) is 4. The monoisotopic (exact) mass is 288 g/mol. The minimum absolute atomic E-state index is 0.112. The van der Waals surface area contributed by atoms with Crippen molar-refractivity contribution in [2.45, 2.75) is 26.5 Å². The van der Waals surface area contributed by atoms with Crippen molar-refractivity contribution in [3.63, 3.8) is 0 Å². The predicted molar refractivity (Wildman–Crippen MR) is 83.0 cm³/mol. The van der Waals surface area contributed by atoms with Crippen LogP contribution in [0.4, 0.5) is 17.8 Å². The molecule has 0 saturated heterocycles. The number of ether oxygens (including phenoxy) is 1. The molecule has 1 aromatic heterocycles. The third kappa shape index (κ3) is 4.20. The SMILES string of the molecule is CC(C)Oc1cccc(CN(C)c2nc(N)nc(N)n2)c1. The van der Waals surface area contributed by atoms with Crippen LogP contribution in [0, 0.1) is 0 Å². The van der Waals surface area contributed by atoms with Crippen molar-refractivity contribution in [2.75, 3.05) is 23.4 Å². The van der Waals surface area contributed by atoms with Crippen LogP contribution in [-0.2, 0) is 6.54 Å². The number of hydrogen-bond acceptors (Lipinski definition) is 7. The zero-order chi connectivity index (χ0) is 15.4. The molecule has 1 aromatic carbocycles. The fourth-order valence-electron chi connectivity index (χ4n) is 1.90. The maximum atomic E-state index is 5.68. The third-order valence-electron chi connectivity index (χ3n) is 2.69. The minimum Gasteiger partial charge on any atom is -0.491 e. The van der Waals surface area contributed by atoms with E-state index in [2.05, 4.69) is 15.0 Å². The number of nitrogens with two attached hydrogens (primary N) is 2. The maximum Gasteiger partial charge on any atom is 0.231 e. The Bertz CT molecular complexity index is 596. The van der Waals surface area contributed by atoms with Crippen molar-refractivity contribution in [2.24, 2.45) is 0 Å². The Hall–Kier alpha value is -2.57. The topological polar surface area (TPSA) is 103 Å². The molecule has 7 heteroatoms. The van der Waals surface area contributed by atoms with Gasteiger partial charge in [0.15, 0.2) is 0 Å². The van der Waals surface area contributed by atoms with E-state index in [0.29, 0.717) is 12.5 Å². The first kappa shape index (κ1) is 14.8. The van der Waals surface area contributed by atoms with E-state index in [1.165, 1.54) is 0 Å². The summed E-state index contributed by atoms with van der Waals surface area (Å²) in [5.74, 6) is 1.50. The van der Waals surface area contributed by atoms with Gasteiger partial charge in [0.05, 0.1) is 6.10 Å². The van der Waals surface area contributed by atoms with Crippen LogP contribution in [0.2, 0.25) is 0 Å². The standard InChI is InChI=1S/C14H20N6O/c1-9(2)21-11-6-4-5-10(7-11)8-20(3)14-18-12(15)17-13(16)19-14/h4-7,9H,8H2,1-3H3,(H4,15,16,17,18,19). The van der Waals surface area contributed by atoms with E-state index in [-0.39, 0.29) is 18.0 Å². The van der Waals surface area contributed by atoms with Gasteiger partial charge in [-0.05, 0) is 31.5 Å². The van der Waals surface area contributed by atoms with Crippen LogP contribution >= 0.6 is 0 Å². The van der Waals surface area contributed by atoms with Crippen molar-refractivity contribution >= 4 is 17.8 Å². The van der Waals surface area contributed by atoms with Crippen LogP contribution in [0.15, 0.2) is 24.3 Å². The number of aromatic nitrogens is 3. The molecule has 0 unspecified atom stereocenters. The molecule has 0 atom stereocenters. The molecule has 0 spiro atoms. The molecule has 4 N–H and O–H groups in total. The first-order valence-corrected chi connectivity index (χ1v) is 6.68. The molecule has 0 aliphatic rings. The van der Waals surface area contributed by atoms with Crippen molar-refractivity contribution in [3.05, 3.63) is 29.8 Å². The van der Waals surface area contributed by atoms with Crippen molar-refractivity contribution in [3.8, 4) is 5.75 Å². The Morgan fingerprint density at radius 1 is 1.14 bits per heavy atom. The molecule has 112 valence electrons. The summed E-state index contributed by atoms with van der Waals surface area (Å²) in [6.45, 7) is 4.60. The number of hydrogen-bond donors (Lipinski definition) is 2. The lowest BCUT2D eigenvalue weighted by molar-refractivity contribution is 0.242. The lowest BCUT2D eigenvalue weighted by Gasteiger charge is -2.18. The number of benzene rings is 1. The van der Waals surface area contributed by atoms with Crippen molar-refractivity contribution in [1.29, 1.82) is 0 Å². The molecule has 0 aliphatic carbocycles. The normalized spacial score (nSPS) is 10.7. The second kappa shape index (κ2) is 6.25. The summed E-state index contributed by atoms with van der Waals surface area (Å²) in [5, 5.41) is 0. The highest BCUT2D eigenvalue weighted by atomic mass is 16.5. The lowest BCUT2D eigenvalue weighted by atomic mass is 10.2. The molecular weight excluding hydrogens is 268 g/mol. The Labute approximate surface area is 124 Å². The molecule has 0 aliphatic heterocycles. The van der Waals surface area contributed by atoms with E-state index in [1.807, 2.05) is 50.1 Å². The van der Waals surface area contributed by atoms with Crippen LogP contribution in [-0.4, -0.2) is 28.1 Å². The Morgan fingerprint density at radius 2 is 1.81 bits per heavy atom. The predicted octanol–water partition coefficient (Wildman–Crippen LogP) is 1.46. The first-order chi connectivity index (χ1) is 9.94. The minimum atomic E-state index is 0.112. The van der Waals surface area contributed by atoms with Gasteiger partial charge in [-0.1, -0.05) is 12.1 Å². The second-order valence-electron chi connectivity index (χ2n) is 5.02. The summed E-state index contributed by atoms with van der Waals surface area (Å²) in [7, 11) is 1.87. The maximum absolute atomic E-state index is 5.68. The van der Waals surface area contributed by atoms with E-state index in [0.717, 1.165) is 11.3 Å². The average Bonchev–Trinajstić information content (AvgIpc) is 2.37. The van der Waals surface area contributed by atoms with Gasteiger partial charge in [0.1, 0.15) is 5.75 Å². The number of anilines is 3. The van der Waals surface area contributed by atoms with Crippen LogP contribution in [0.3, 0.4) is 0 Å². The molecule has 21 heavy (non-hydrogen) atoms. The molecule has 0 radical (unpaired) electrons. The van der Waals surface area contributed by atoms with E-state index in [9.17, 15) is 0 Å². The molecule has 0 fully saturated rings. The largest absolute Gasteiger partial charge is 0.491 e. The Morgan fingerprint density at radius 3 is 2.43 bits per heavy atom. The van der Waals surface area contributed by atoms with Crippen LogP contribution in [0.5, 0.6) is 5.75 Å². The zero-order valence-electron chi connectivity index (χ0n) is 12.4. The molecule has 0 bridgehead atoms. The fraction of sp³-hybridized carbons (Fsp3) is 0.357. The summed E-state index contributed by atoms with van der Waals surface area (Å²) in [4.78, 5) is 13.7. The van der Waals surface area contributed by atoms with E-state index < -0.39 is 0 Å². The molecule has 7 nitrogen and oxygen atoms in total. The van der Waals surface area contributed by atoms with Crippen molar-refractivity contribution < 1.29 is 4.74 Å². The van der Waals surface area contributed by atoms with E-state index >= 15 is 0 Å². The summed E-state index contributed by atoms with van der Waals surface area (Å²) in [5.41, 5.74) is 12.2. The highest BCUT2D eigenvalue weighted by Gasteiger charge is 2.09. The second-order valence-corrected chi connectivity index (χ2v) is 5.02. The highest BCUT2D eigenvalue weighted by molar-refractivity contribution is 5.40. The molecule has 0 amide bonds. The van der Waals surface area contributed by atoms with Gasteiger partial charge in [-0.25, -0.2) is 0 Å². The zero-order valence-corrected chi connectivity index (χ0v) is 12.4. The van der Waals surface area contributed by atoms with Crippen LogP contribution in [0.1, 0.15) is 19.4 Å². The van der Waals surface area contributed by atoms with Gasteiger partial charge in [-0.3, -0.25) is 0 Å². The third-order valence-corrected chi connectivity index (χ3v) is 2.69. The summed E-state index contributed by atoms with van der Waals surface area (Å²) in [6.07, 6.45) is 0.140.